The molecule has 19 heavy (non-hydrogen) atoms. The average Bonchev–Trinajstić information content (AvgIpc) is 2.42. The maximum Gasteiger partial charge on any atom is 0.233 e. The molecule has 0 radical (unpaired) electrons. The van der Waals surface area contributed by atoms with Gasteiger partial charge < -0.3 is 15.2 Å². The van der Waals surface area contributed by atoms with Gasteiger partial charge >= 0.3 is 0 Å². The Bertz CT molecular complexity index is 626. The van der Waals surface area contributed by atoms with Gasteiger partial charge in [-0.15, -0.1) is 6.42 Å². The molecule has 0 spiro atoms. The summed E-state index contributed by atoms with van der Waals surface area (Å²) in [5, 5.41) is 12.5. The van der Waals surface area contributed by atoms with Crippen LogP contribution in [0.1, 0.15) is 0 Å². The molecule has 96 valence electrons. The number of para-hydroxylation sites is 2. The maximum absolute atomic E-state index is 9.65. The maximum atomic E-state index is 9.65. The number of ether oxygens (including phenoxy) is 1. The second-order valence-electron chi connectivity index (χ2n) is 3.48. The second-order valence-corrected chi connectivity index (χ2v) is 4.34. The first-order chi connectivity index (χ1) is 9.20. The van der Waals surface area contributed by atoms with Gasteiger partial charge in [0.1, 0.15) is 5.75 Å². The zero-order chi connectivity index (χ0) is 13.7. The molecule has 6 heteroatoms. The first-order valence-corrected chi connectivity index (χ1v) is 6.14. The molecule has 0 bridgehead atoms. The topological polar surface area (TPSA) is 67.3 Å². The predicted molar refractivity (Wildman–Crippen MR) is 75.4 cm³/mol. The van der Waals surface area contributed by atoms with Crippen LogP contribution in [0.3, 0.4) is 0 Å². The van der Waals surface area contributed by atoms with Crippen LogP contribution in [0.15, 0.2) is 34.9 Å². The molecule has 1 aromatic carbocycles. The van der Waals surface area contributed by atoms with Gasteiger partial charge in [0.15, 0.2) is 6.61 Å². The Hall–Kier alpha value is -2.26. The predicted octanol–water partition coefficient (Wildman–Crippen LogP) is 2.70. The standard InChI is InChI=1S/C13H10BrN3O2/c1-2-7-19-12-9(14)8-15-13(17-12)16-10-5-3-4-6-11(10)18/h1,3-6,8,18H,7H2,(H,15,16,17). The van der Waals surface area contributed by atoms with Gasteiger partial charge in [-0.3, -0.25) is 0 Å². The number of halogens is 1. The van der Waals surface area contributed by atoms with Crippen LogP contribution in [-0.2, 0) is 0 Å². The molecule has 0 saturated carbocycles. The van der Waals surface area contributed by atoms with Crippen LogP contribution in [0.4, 0.5) is 11.6 Å². The van der Waals surface area contributed by atoms with Crippen LogP contribution in [0.5, 0.6) is 11.6 Å². The van der Waals surface area contributed by atoms with Crippen molar-refractivity contribution in [3.63, 3.8) is 0 Å². The van der Waals surface area contributed by atoms with Gasteiger partial charge in [0, 0.05) is 0 Å². The van der Waals surface area contributed by atoms with Gasteiger partial charge in [0.05, 0.1) is 16.4 Å². The van der Waals surface area contributed by atoms with Gasteiger partial charge in [0.2, 0.25) is 11.8 Å². The smallest absolute Gasteiger partial charge is 0.233 e. The number of aromatic nitrogens is 2. The van der Waals surface area contributed by atoms with Crippen LogP contribution >= 0.6 is 15.9 Å². The fourth-order valence-corrected chi connectivity index (χ4v) is 1.63. The quantitative estimate of drug-likeness (QED) is 0.670. The van der Waals surface area contributed by atoms with Gasteiger partial charge in [0.25, 0.3) is 0 Å². The number of benzene rings is 1. The highest BCUT2D eigenvalue weighted by Gasteiger charge is 2.07. The molecule has 0 unspecified atom stereocenters. The van der Waals surface area contributed by atoms with Crippen molar-refractivity contribution >= 4 is 27.6 Å². The summed E-state index contributed by atoms with van der Waals surface area (Å²) in [6.45, 7) is 0.117. The Labute approximate surface area is 118 Å². The summed E-state index contributed by atoms with van der Waals surface area (Å²) in [5.74, 6) is 3.11. The van der Waals surface area contributed by atoms with Crippen molar-refractivity contribution in [2.75, 3.05) is 11.9 Å². The van der Waals surface area contributed by atoms with Crippen LogP contribution in [-0.4, -0.2) is 21.7 Å². The highest BCUT2D eigenvalue weighted by molar-refractivity contribution is 9.10. The van der Waals surface area contributed by atoms with E-state index in [9.17, 15) is 5.11 Å². The Morgan fingerprint density at radius 1 is 1.42 bits per heavy atom. The number of anilines is 2. The van der Waals surface area contributed by atoms with Crippen molar-refractivity contribution in [1.29, 1.82) is 0 Å². The van der Waals surface area contributed by atoms with Crippen molar-refractivity contribution in [3.05, 3.63) is 34.9 Å². The molecule has 0 aliphatic carbocycles. The first-order valence-electron chi connectivity index (χ1n) is 5.34. The summed E-state index contributed by atoms with van der Waals surface area (Å²) < 4.78 is 5.86. The minimum absolute atomic E-state index is 0.111. The highest BCUT2D eigenvalue weighted by Crippen LogP contribution is 2.27. The molecule has 2 rings (SSSR count). The highest BCUT2D eigenvalue weighted by atomic mass is 79.9. The molecule has 5 nitrogen and oxygen atoms in total. The minimum atomic E-state index is 0.111. The molecule has 2 aromatic rings. The van der Waals surface area contributed by atoms with Crippen molar-refractivity contribution in [2.45, 2.75) is 0 Å². The third-order valence-corrected chi connectivity index (χ3v) is 2.70. The minimum Gasteiger partial charge on any atom is -0.506 e. The number of nitrogens with zero attached hydrogens (tertiary/aromatic N) is 2. The Morgan fingerprint density at radius 2 is 2.21 bits per heavy atom. The molecule has 1 heterocycles. The number of nitrogens with one attached hydrogen (secondary N) is 1. The van der Waals surface area contributed by atoms with E-state index in [4.69, 9.17) is 11.2 Å². The van der Waals surface area contributed by atoms with E-state index in [0.717, 1.165) is 0 Å². The number of aromatic hydroxyl groups is 1. The van der Waals surface area contributed by atoms with Crippen LogP contribution in [0.25, 0.3) is 0 Å². The second kappa shape index (κ2) is 6.07. The summed E-state index contributed by atoms with van der Waals surface area (Å²) in [6.07, 6.45) is 6.67. The number of phenols is 1. The lowest BCUT2D eigenvalue weighted by Gasteiger charge is -2.09. The fraction of sp³-hybridized carbons (Fsp3) is 0.0769. The largest absolute Gasteiger partial charge is 0.506 e. The Morgan fingerprint density at radius 3 is 2.95 bits per heavy atom. The van der Waals surface area contributed by atoms with E-state index in [0.29, 0.717) is 22.0 Å². The Kier molecular flexibility index (Phi) is 4.21. The summed E-state index contributed by atoms with van der Waals surface area (Å²) >= 11 is 3.26. The lowest BCUT2D eigenvalue weighted by molar-refractivity contribution is 0.353. The normalized spacial score (nSPS) is 9.68. The number of hydrogen-bond donors (Lipinski definition) is 2. The summed E-state index contributed by atoms with van der Waals surface area (Å²) in [5.41, 5.74) is 0.507. The molecule has 0 amide bonds. The SMILES string of the molecule is C#CCOc1nc(Nc2ccccc2O)ncc1Br. The fourth-order valence-electron chi connectivity index (χ4n) is 1.32. The van der Waals surface area contributed by atoms with Crippen LogP contribution in [0, 0.1) is 12.3 Å². The van der Waals surface area contributed by atoms with Crippen molar-refractivity contribution in [2.24, 2.45) is 0 Å². The molecule has 0 aliphatic rings. The van der Waals surface area contributed by atoms with E-state index < -0.39 is 0 Å². The number of terminal acetylenes is 1. The molecule has 0 fully saturated rings. The third kappa shape index (κ3) is 3.36. The lowest BCUT2D eigenvalue weighted by Crippen LogP contribution is -2.02. The molecule has 0 saturated heterocycles. The lowest BCUT2D eigenvalue weighted by atomic mass is 10.3. The molecular weight excluding hydrogens is 310 g/mol. The molecular formula is C13H10BrN3O2. The zero-order valence-electron chi connectivity index (χ0n) is 9.80. The number of hydrogen-bond acceptors (Lipinski definition) is 5. The van der Waals surface area contributed by atoms with Crippen LogP contribution < -0.4 is 10.1 Å². The summed E-state index contributed by atoms with van der Waals surface area (Å²) in [6, 6.07) is 6.79. The average molecular weight is 320 g/mol. The van der Waals surface area contributed by atoms with Gasteiger partial charge in [-0.1, -0.05) is 18.1 Å². The monoisotopic (exact) mass is 319 g/mol. The number of rotatable bonds is 4. The number of phenolic OH excluding ortho intramolecular Hbond substituents is 1. The van der Waals surface area contributed by atoms with E-state index in [1.165, 1.54) is 0 Å². The summed E-state index contributed by atoms with van der Waals surface area (Å²) in [7, 11) is 0. The van der Waals surface area contributed by atoms with Gasteiger partial charge in [-0.05, 0) is 28.1 Å². The van der Waals surface area contributed by atoms with E-state index in [-0.39, 0.29) is 12.4 Å². The molecule has 0 atom stereocenters. The van der Waals surface area contributed by atoms with E-state index in [1.807, 2.05) is 0 Å². The van der Waals surface area contributed by atoms with E-state index >= 15 is 0 Å². The first kappa shape index (κ1) is 13.2. The van der Waals surface area contributed by atoms with Crippen LogP contribution in [0.2, 0.25) is 0 Å². The van der Waals surface area contributed by atoms with Gasteiger partial charge in [-0.25, -0.2) is 4.98 Å². The zero-order valence-corrected chi connectivity index (χ0v) is 11.4. The van der Waals surface area contributed by atoms with Crippen molar-refractivity contribution < 1.29 is 9.84 Å². The van der Waals surface area contributed by atoms with Crippen molar-refractivity contribution in [3.8, 4) is 24.0 Å². The van der Waals surface area contributed by atoms with E-state index in [1.54, 1.807) is 30.5 Å². The summed E-state index contributed by atoms with van der Waals surface area (Å²) in [4.78, 5) is 8.22. The molecule has 1 aromatic heterocycles. The Balaban J connectivity index is 2.22. The van der Waals surface area contributed by atoms with Crippen molar-refractivity contribution in [1.82, 2.24) is 9.97 Å². The van der Waals surface area contributed by atoms with Gasteiger partial charge in [-0.2, -0.15) is 4.98 Å². The molecule has 0 aliphatic heterocycles. The van der Waals surface area contributed by atoms with E-state index in [2.05, 4.69) is 37.1 Å². The third-order valence-electron chi connectivity index (χ3n) is 2.15. The molecule has 2 N–H and O–H groups in total.